The molecule has 96 valence electrons. The van der Waals surface area contributed by atoms with E-state index in [1.165, 1.54) is 0 Å². The van der Waals surface area contributed by atoms with Crippen LogP contribution < -0.4 is 10.6 Å². The summed E-state index contributed by atoms with van der Waals surface area (Å²) in [4.78, 5) is 16.5. The molecule has 1 aliphatic heterocycles. The van der Waals surface area contributed by atoms with E-state index in [-0.39, 0.29) is 11.9 Å². The number of nitrogens with zero attached hydrogens (tertiary/aromatic N) is 1. The normalized spacial score (nSPS) is 17.3. The molecule has 2 aromatic rings. The number of carbonyl (C=O) groups is 1. The average molecular weight is 253 g/mol. The summed E-state index contributed by atoms with van der Waals surface area (Å²) >= 11 is 0. The van der Waals surface area contributed by atoms with Crippen LogP contribution in [0.3, 0.4) is 0 Å². The number of nitrogens with one attached hydrogen (secondary N) is 2. The zero-order valence-corrected chi connectivity index (χ0v) is 10.7. The minimum atomic E-state index is -0.274. The third-order valence-electron chi connectivity index (χ3n) is 3.20. The number of carbonyl (C=O) groups excluding carboxylic acids is 1. The lowest BCUT2D eigenvalue weighted by Gasteiger charge is -2.26. The van der Waals surface area contributed by atoms with Crippen molar-refractivity contribution >= 4 is 17.4 Å². The van der Waals surface area contributed by atoms with Crippen molar-refractivity contribution in [2.24, 2.45) is 0 Å². The van der Waals surface area contributed by atoms with E-state index in [1.54, 1.807) is 0 Å². The van der Waals surface area contributed by atoms with Crippen molar-refractivity contribution in [3.63, 3.8) is 0 Å². The maximum Gasteiger partial charge on any atom is 0.247 e. The highest BCUT2D eigenvalue weighted by atomic mass is 16.2. The topological polar surface area (TPSA) is 54.0 Å². The molecule has 0 bridgehead atoms. The Hall–Kier alpha value is -2.36. The molecule has 2 N–H and O–H groups in total. The zero-order chi connectivity index (χ0) is 13.2. The number of hydrogen-bond donors (Lipinski definition) is 2. The molecule has 2 heterocycles. The summed E-state index contributed by atoms with van der Waals surface area (Å²) in [5.74, 6) is 0.738. The van der Waals surface area contributed by atoms with Gasteiger partial charge in [-0.3, -0.25) is 4.79 Å². The Morgan fingerprint density at radius 1 is 1.16 bits per heavy atom. The van der Waals surface area contributed by atoms with Gasteiger partial charge in [-0.1, -0.05) is 30.3 Å². The minimum absolute atomic E-state index is 0.0120. The molecule has 1 amide bonds. The number of pyridine rings is 1. The first kappa shape index (κ1) is 11.7. The van der Waals surface area contributed by atoms with Gasteiger partial charge in [-0.25, -0.2) is 4.98 Å². The fourth-order valence-electron chi connectivity index (χ4n) is 2.21. The van der Waals surface area contributed by atoms with Gasteiger partial charge in [0, 0.05) is 12.1 Å². The van der Waals surface area contributed by atoms with Gasteiger partial charge in [0.15, 0.2) is 5.82 Å². The first-order chi connectivity index (χ1) is 9.22. The highest BCUT2D eigenvalue weighted by Gasteiger charge is 2.26. The third-order valence-corrected chi connectivity index (χ3v) is 3.20. The van der Waals surface area contributed by atoms with Gasteiger partial charge in [-0.2, -0.15) is 0 Å². The molecule has 4 heteroatoms. The van der Waals surface area contributed by atoms with Gasteiger partial charge in [0.25, 0.3) is 0 Å². The molecule has 1 aromatic heterocycles. The fourth-order valence-corrected chi connectivity index (χ4v) is 2.21. The lowest BCUT2D eigenvalue weighted by molar-refractivity contribution is -0.117. The summed E-state index contributed by atoms with van der Waals surface area (Å²) in [5, 5.41) is 6.11. The van der Waals surface area contributed by atoms with E-state index in [1.807, 2.05) is 49.4 Å². The van der Waals surface area contributed by atoms with E-state index in [0.29, 0.717) is 6.42 Å². The van der Waals surface area contributed by atoms with Crippen molar-refractivity contribution in [3.8, 4) is 0 Å². The number of aromatic nitrogens is 1. The summed E-state index contributed by atoms with van der Waals surface area (Å²) in [5.41, 5.74) is 2.81. The van der Waals surface area contributed by atoms with Gasteiger partial charge in [-0.05, 0) is 24.6 Å². The van der Waals surface area contributed by atoms with E-state index < -0.39 is 0 Å². The molecule has 1 aliphatic rings. The molecule has 3 rings (SSSR count). The van der Waals surface area contributed by atoms with E-state index in [0.717, 1.165) is 22.8 Å². The Balaban J connectivity index is 1.83. The van der Waals surface area contributed by atoms with Crippen LogP contribution in [0.25, 0.3) is 0 Å². The summed E-state index contributed by atoms with van der Waals surface area (Å²) in [6, 6.07) is 13.5. The summed E-state index contributed by atoms with van der Waals surface area (Å²) in [7, 11) is 0. The first-order valence-electron chi connectivity index (χ1n) is 6.31. The summed E-state index contributed by atoms with van der Waals surface area (Å²) < 4.78 is 0. The second-order valence-corrected chi connectivity index (χ2v) is 4.72. The van der Waals surface area contributed by atoms with Crippen LogP contribution in [0.15, 0.2) is 42.5 Å². The number of fused-ring (bicyclic) bond motifs is 1. The van der Waals surface area contributed by atoms with E-state index in [2.05, 4.69) is 15.6 Å². The Morgan fingerprint density at radius 2 is 1.95 bits per heavy atom. The number of hydrogen-bond acceptors (Lipinski definition) is 3. The average Bonchev–Trinajstić information content (AvgIpc) is 2.41. The molecule has 0 radical (unpaired) electrons. The maximum atomic E-state index is 12.0. The Labute approximate surface area is 111 Å². The molecule has 0 saturated carbocycles. The zero-order valence-electron chi connectivity index (χ0n) is 10.7. The standard InChI is InChI=1S/C15H15N3O/c1-10-7-8-12-14(16-10)17-13(15(19)18-12)9-11-5-3-2-4-6-11/h2-8,13H,9H2,1H3,(H,16,17)(H,18,19). The number of benzene rings is 1. The van der Waals surface area contributed by atoms with Crippen LogP contribution in [-0.4, -0.2) is 16.9 Å². The molecular weight excluding hydrogens is 238 g/mol. The van der Waals surface area contributed by atoms with Gasteiger partial charge in [0.05, 0.1) is 5.69 Å². The van der Waals surface area contributed by atoms with E-state index >= 15 is 0 Å². The molecule has 4 nitrogen and oxygen atoms in total. The molecule has 1 aromatic carbocycles. The smallest absolute Gasteiger partial charge is 0.247 e. The summed E-state index contributed by atoms with van der Waals surface area (Å²) in [6.45, 7) is 1.94. The van der Waals surface area contributed by atoms with Crippen LogP contribution >= 0.6 is 0 Å². The predicted molar refractivity (Wildman–Crippen MR) is 75.2 cm³/mol. The Kier molecular flexibility index (Phi) is 2.91. The van der Waals surface area contributed by atoms with Gasteiger partial charge in [-0.15, -0.1) is 0 Å². The van der Waals surface area contributed by atoms with Crippen molar-refractivity contribution in [1.82, 2.24) is 4.98 Å². The second-order valence-electron chi connectivity index (χ2n) is 4.72. The van der Waals surface area contributed by atoms with Crippen molar-refractivity contribution in [1.29, 1.82) is 0 Å². The van der Waals surface area contributed by atoms with Crippen molar-refractivity contribution in [2.45, 2.75) is 19.4 Å². The maximum absolute atomic E-state index is 12.0. The fraction of sp³-hybridized carbons (Fsp3) is 0.200. The van der Waals surface area contributed by atoms with Crippen molar-refractivity contribution in [2.75, 3.05) is 10.6 Å². The number of amides is 1. The predicted octanol–water partition coefficient (Wildman–Crippen LogP) is 2.37. The lowest BCUT2D eigenvalue weighted by atomic mass is 10.0. The monoisotopic (exact) mass is 253 g/mol. The molecule has 0 saturated heterocycles. The highest BCUT2D eigenvalue weighted by Crippen LogP contribution is 2.25. The largest absolute Gasteiger partial charge is 0.356 e. The van der Waals surface area contributed by atoms with Crippen LogP contribution in [0.5, 0.6) is 0 Å². The first-order valence-corrected chi connectivity index (χ1v) is 6.31. The SMILES string of the molecule is Cc1ccc2c(n1)NC(Cc1ccccc1)C(=O)N2. The van der Waals surface area contributed by atoms with Gasteiger partial charge in [0.1, 0.15) is 6.04 Å². The molecule has 0 aliphatic carbocycles. The van der Waals surface area contributed by atoms with Gasteiger partial charge < -0.3 is 10.6 Å². The van der Waals surface area contributed by atoms with Crippen LogP contribution in [0.2, 0.25) is 0 Å². The molecule has 19 heavy (non-hydrogen) atoms. The van der Waals surface area contributed by atoms with Crippen LogP contribution in [0.4, 0.5) is 11.5 Å². The van der Waals surface area contributed by atoms with Crippen molar-refractivity contribution < 1.29 is 4.79 Å². The van der Waals surface area contributed by atoms with E-state index in [4.69, 9.17) is 0 Å². The van der Waals surface area contributed by atoms with Crippen LogP contribution in [0, 0.1) is 6.92 Å². The minimum Gasteiger partial charge on any atom is -0.356 e. The molecule has 0 spiro atoms. The Bertz CT molecular complexity index is 610. The second kappa shape index (κ2) is 4.72. The number of rotatable bonds is 2. The Morgan fingerprint density at radius 3 is 2.74 bits per heavy atom. The lowest BCUT2D eigenvalue weighted by Crippen LogP contribution is -2.40. The molecule has 0 fully saturated rings. The molecule has 1 atom stereocenters. The van der Waals surface area contributed by atoms with Gasteiger partial charge >= 0.3 is 0 Å². The molecular formula is C15H15N3O. The number of aryl methyl sites for hydroxylation is 1. The third kappa shape index (κ3) is 2.42. The number of anilines is 2. The molecule has 1 unspecified atom stereocenters. The highest BCUT2D eigenvalue weighted by molar-refractivity contribution is 6.02. The van der Waals surface area contributed by atoms with E-state index in [9.17, 15) is 4.79 Å². The van der Waals surface area contributed by atoms with Gasteiger partial charge in [0.2, 0.25) is 5.91 Å². The van der Waals surface area contributed by atoms with Crippen LogP contribution in [-0.2, 0) is 11.2 Å². The van der Waals surface area contributed by atoms with Crippen LogP contribution in [0.1, 0.15) is 11.3 Å². The van der Waals surface area contributed by atoms with Crippen molar-refractivity contribution in [3.05, 3.63) is 53.7 Å². The quantitative estimate of drug-likeness (QED) is 0.864. The summed E-state index contributed by atoms with van der Waals surface area (Å²) in [6.07, 6.45) is 0.654.